The van der Waals surface area contributed by atoms with E-state index in [1.807, 2.05) is 43.4 Å². The number of anilines is 1. The van der Waals surface area contributed by atoms with Gasteiger partial charge in [0.05, 0.1) is 23.7 Å². The minimum atomic E-state index is 0.0306. The van der Waals surface area contributed by atoms with Crippen molar-refractivity contribution in [3.63, 3.8) is 0 Å². The van der Waals surface area contributed by atoms with Crippen molar-refractivity contribution in [2.24, 2.45) is 0 Å². The van der Waals surface area contributed by atoms with Crippen molar-refractivity contribution in [2.45, 2.75) is 46.5 Å². The topological polar surface area (TPSA) is 94.3 Å². The van der Waals surface area contributed by atoms with Gasteiger partial charge in [0, 0.05) is 24.7 Å². The molecule has 0 amide bonds. The molecule has 0 spiro atoms. The van der Waals surface area contributed by atoms with Gasteiger partial charge in [-0.25, -0.2) is 9.97 Å². The Balaban J connectivity index is 1.39. The van der Waals surface area contributed by atoms with E-state index in [9.17, 15) is 4.79 Å². The monoisotopic (exact) mass is 466 g/mol. The largest absolute Gasteiger partial charge is 0.496 e. The SMILES string of the molecule is COc1cc2c(cc1C)nc(NCCCCCC(=O)c1ccc(C)nc1Cl)c1nnc(C)n12. The van der Waals surface area contributed by atoms with Crippen LogP contribution in [0.3, 0.4) is 0 Å². The van der Waals surface area contributed by atoms with Gasteiger partial charge in [-0.3, -0.25) is 9.20 Å². The fraction of sp³-hybridized carbons (Fsp3) is 0.375. The van der Waals surface area contributed by atoms with Crippen LogP contribution in [-0.4, -0.2) is 44.0 Å². The number of unbranched alkanes of at least 4 members (excludes halogenated alkanes) is 2. The number of fused-ring (bicyclic) bond motifs is 3. The lowest BCUT2D eigenvalue weighted by atomic mass is 10.1. The summed E-state index contributed by atoms with van der Waals surface area (Å²) in [7, 11) is 1.66. The van der Waals surface area contributed by atoms with Gasteiger partial charge in [0.1, 0.15) is 16.7 Å². The molecule has 33 heavy (non-hydrogen) atoms. The van der Waals surface area contributed by atoms with Crippen LogP contribution in [0.4, 0.5) is 5.82 Å². The smallest absolute Gasteiger partial charge is 0.204 e. The molecule has 0 bridgehead atoms. The van der Waals surface area contributed by atoms with E-state index in [4.69, 9.17) is 21.3 Å². The molecule has 3 heterocycles. The van der Waals surface area contributed by atoms with Gasteiger partial charge in [-0.15, -0.1) is 10.2 Å². The highest BCUT2D eigenvalue weighted by Gasteiger charge is 2.15. The van der Waals surface area contributed by atoms with E-state index in [0.29, 0.717) is 23.4 Å². The number of carbonyl (C=O) groups excluding carboxylic acids is 1. The minimum absolute atomic E-state index is 0.0306. The van der Waals surface area contributed by atoms with Crippen LogP contribution in [0.5, 0.6) is 5.75 Å². The van der Waals surface area contributed by atoms with Gasteiger partial charge >= 0.3 is 0 Å². The normalized spacial score (nSPS) is 11.3. The lowest BCUT2D eigenvalue weighted by molar-refractivity contribution is 0.0979. The molecule has 0 fully saturated rings. The highest BCUT2D eigenvalue weighted by atomic mass is 35.5. The lowest BCUT2D eigenvalue weighted by Crippen LogP contribution is -2.07. The lowest BCUT2D eigenvalue weighted by Gasteiger charge is -2.12. The van der Waals surface area contributed by atoms with Gasteiger partial charge in [-0.2, -0.15) is 0 Å². The van der Waals surface area contributed by atoms with Crippen LogP contribution in [-0.2, 0) is 0 Å². The van der Waals surface area contributed by atoms with Crippen LogP contribution in [0, 0.1) is 20.8 Å². The Labute approximate surface area is 197 Å². The van der Waals surface area contributed by atoms with E-state index in [0.717, 1.165) is 59.7 Å². The average molecular weight is 467 g/mol. The van der Waals surface area contributed by atoms with Crippen LogP contribution in [0.1, 0.15) is 53.1 Å². The minimum Gasteiger partial charge on any atom is -0.496 e. The molecule has 0 aliphatic rings. The van der Waals surface area contributed by atoms with E-state index in [-0.39, 0.29) is 10.9 Å². The number of Topliss-reactive ketones (excluding diaryl/α,β-unsaturated/α-hetero) is 1. The van der Waals surface area contributed by atoms with Gasteiger partial charge in [0.2, 0.25) is 5.65 Å². The van der Waals surface area contributed by atoms with Gasteiger partial charge in [0.25, 0.3) is 0 Å². The fourth-order valence-electron chi connectivity index (χ4n) is 3.91. The van der Waals surface area contributed by atoms with Crippen LogP contribution in [0.15, 0.2) is 24.3 Å². The summed E-state index contributed by atoms with van der Waals surface area (Å²) in [5.74, 6) is 2.31. The van der Waals surface area contributed by atoms with Gasteiger partial charge < -0.3 is 10.1 Å². The third-order valence-corrected chi connectivity index (χ3v) is 5.95. The first-order chi connectivity index (χ1) is 15.9. The van der Waals surface area contributed by atoms with E-state index >= 15 is 0 Å². The van der Waals surface area contributed by atoms with Crippen molar-refractivity contribution in [1.82, 2.24) is 24.6 Å². The van der Waals surface area contributed by atoms with Crippen molar-refractivity contribution < 1.29 is 9.53 Å². The number of aryl methyl sites for hydroxylation is 3. The molecule has 0 aliphatic heterocycles. The second-order valence-electron chi connectivity index (χ2n) is 8.13. The van der Waals surface area contributed by atoms with E-state index in [1.54, 1.807) is 13.2 Å². The quantitative estimate of drug-likeness (QED) is 0.208. The molecule has 0 radical (unpaired) electrons. The Kier molecular flexibility index (Phi) is 6.74. The predicted octanol–water partition coefficient (Wildman–Crippen LogP) is 5.11. The molecule has 172 valence electrons. The average Bonchev–Trinajstić information content (AvgIpc) is 3.17. The van der Waals surface area contributed by atoms with Gasteiger partial charge in [-0.1, -0.05) is 18.0 Å². The third-order valence-electron chi connectivity index (χ3n) is 5.66. The highest BCUT2D eigenvalue weighted by Crippen LogP contribution is 2.28. The molecule has 0 aliphatic carbocycles. The molecule has 8 nitrogen and oxygen atoms in total. The molecule has 4 aromatic rings. The van der Waals surface area contributed by atoms with Gasteiger partial charge in [-0.05, 0) is 57.4 Å². The first-order valence-corrected chi connectivity index (χ1v) is 11.4. The molecule has 0 saturated carbocycles. The zero-order valence-corrected chi connectivity index (χ0v) is 20.0. The molecule has 9 heteroatoms. The zero-order valence-electron chi connectivity index (χ0n) is 19.3. The maximum Gasteiger partial charge on any atom is 0.204 e. The van der Waals surface area contributed by atoms with E-state index in [2.05, 4.69) is 20.5 Å². The number of halogens is 1. The Bertz CT molecular complexity index is 1330. The maximum absolute atomic E-state index is 12.4. The number of methoxy groups -OCH3 is 1. The molecule has 1 aromatic carbocycles. The molecule has 0 atom stereocenters. The molecule has 4 rings (SSSR count). The van der Waals surface area contributed by atoms with Gasteiger partial charge in [0.15, 0.2) is 11.6 Å². The van der Waals surface area contributed by atoms with Crippen molar-refractivity contribution in [3.05, 3.63) is 52.1 Å². The summed E-state index contributed by atoms with van der Waals surface area (Å²) in [6.45, 7) is 6.49. The van der Waals surface area contributed by atoms with Crippen LogP contribution in [0.25, 0.3) is 16.7 Å². The maximum atomic E-state index is 12.4. The highest BCUT2D eigenvalue weighted by molar-refractivity contribution is 6.32. The molecule has 3 aromatic heterocycles. The molecule has 0 unspecified atom stereocenters. The summed E-state index contributed by atoms with van der Waals surface area (Å²) in [5.41, 5.74) is 4.75. The van der Waals surface area contributed by atoms with Crippen LogP contribution < -0.4 is 10.1 Å². The number of ketones is 1. The van der Waals surface area contributed by atoms with Crippen LogP contribution in [0.2, 0.25) is 5.15 Å². The number of carbonyl (C=O) groups is 1. The molecular weight excluding hydrogens is 440 g/mol. The first kappa shape index (κ1) is 22.9. The standard InChI is InChI=1S/C24H27ClN6O2/c1-14-12-18-19(13-21(14)33-4)31-16(3)29-30-24(31)23(28-18)26-11-7-5-6-8-20(32)17-10-9-15(2)27-22(17)25/h9-10,12-13H,5-8,11H2,1-4H3,(H,26,28). The molecular formula is C24H27ClN6O2. The fourth-order valence-corrected chi connectivity index (χ4v) is 4.21. The summed E-state index contributed by atoms with van der Waals surface area (Å²) in [4.78, 5) is 21.3. The van der Waals surface area contributed by atoms with Crippen molar-refractivity contribution >= 4 is 39.9 Å². The summed E-state index contributed by atoms with van der Waals surface area (Å²) >= 11 is 6.10. The Morgan fingerprint density at radius 1 is 1.09 bits per heavy atom. The number of aromatic nitrogens is 5. The number of ether oxygens (including phenoxy) is 1. The number of hydrogen-bond donors (Lipinski definition) is 1. The predicted molar refractivity (Wildman–Crippen MR) is 130 cm³/mol. The number of pyridine rings is 1. The Morgan fingerprint density at radius 3 is 2.67 bits per heavy atom. The number of nitrogens with one attached hydrogen (secondary N) is 1. The van der Waals surface area contributed by atoms with E-state index < -0.39 is 0 Å². The molecule has 0 saturated heterocycles. The second-order valence-corrected chi connectivity index (χ2v) is 8.49. The van der Waals surface area contributed by atoms with E-state index in [1.165, 1.54) is 0 Å². The number of rotatable bonds is 9. The second kappa shape index (κ2) is 9.70. The summed E-state index contributed by atoms with van der Waals surface area (Å²) in [6.07, 6.45) is 3.04. The van der Waals surface area contributed by atoms with Crippen molar-refractivity contribution in [1.29, 1.82) is 0 Å². The van der Waals surface area contributed by atoms with Crippen molar-refractivity contribution in [3.8, 4) is 5.75 Å². The number of nitrogens with zero attached hydrogens (tertiary/aromatic N) is 5. The van der Waals surface area contributed by atoms with Crippen LogP contribution >= 0.6 is 11.6 Å². The summed E-state index contributed by atoms with van der Waals surface area (Å²) in [6, 6.07) is 7.54. The number of hydrogen-bond acceptors (Lipinski definition) is 7. The Morgan fingerprint density at radius 2 is 1.91 bits per heavy atom. The molecule has 1 N–H and O–H groups in total. The van der Waals surface area contributed by atoms with Crippen molar-refractivity contribution in [2.75, 3.05) is 19.0 Å². The number of benzene rings is 1. The Hall–Kier alpha value is -3.26. The third kappa shape index (κ3) is 4.75. The first-order valence-electron chi connectivity index (χ1n) is 11.0. The zero-order chi connectivity index (χ0) is 23.5. The summed E-state index contributed by atoms with van der Waals surface area (Å²) < 4.78 is 7.47. The summed E-state index contributed by atoms with van der Waals surface area (Å²) in [5, 5.41) is 12.2.